The predicted molar refractivity (Wildman–Crippen MR) is 51.6 cm³/mol. The van der Waals surface area contributed by atoms with Gasteiger partial charge < -0.3 is 0 Å². The smallest absolute Gasteiger partial charge is 0.163 e. The maximum absolute atomic E-state index is 12.9. The summed E-state index contributed by atoms with van der Waals surface area (Å²) in [5.74, 6) is 0.554. The van der Waals surface area contributed by atoms with Crippen molar-refractivity contribution in [2.75, 3.05) is 0 Å². The third-order valence-electron chi connectivity index (χ3n) is 2.04. The van der Waals surface area contributed by atoms with Crippen LogP contribution in [0.2, 0.25) is 0 Å². The minimum absolute atomic E-state index is 0.0861. The molecule has 0 amide bonds. The van der Waals surface area contributed by atoms with Crippen molar-refractivity contribution in [1.29, 1.82) is 0 Å². The van der Waals surface area contributed by atoms with Crippen LogP contribution in [0, 0.1) is 5.82 Å². The Hall–Kier alpha value is -1.45. The molecule has 4 heteroatoms. The van der Waals surface area contributed by atoms with Crippen LogP contribution in [0.3, 0.4) is 0 Å². The van der Waals surface area contributed by atoms with Crippen LogP contribution in [0.25, 0.3) is 5.65 Å². The third-order valence-corrected chi connectivity index (χ3v) is 2.04. The first-order chi connectivity index (χ1) is 6.48. The van der Waals surface area contributed by atoms with Crippen LogP contribution in [0.1, 0.15) is 26.6 Å². The van der Waals surface area contributed by atoms with E-state index >= 15 is 0 Å². The zero-order valence-corrected chi connectivity index (χ0v) is 8.45. The van der Waals surface area contributed by atoms with Gasteiger partial charge in [-0.05, 0) is 6.07 Å². The lowest BCUT2D eigenvalue weighted by molar-refractivity contribution is 0.538. The SMILES string of the molecule is CC(C)(C)c1nnc2cc(F)ccn12. The van der Waals surface area contributed by atoms with Crippen molar-refractivity contribution >= 4 is 5.65 Å². The zero-order valence-electron chi connectivity index (χ0n) is 8.45. The molecular weight excluding hydrogens is 181 g/mol. The molecule has 0 unspecified atom stereocenters. The number of aromatic nitrogens is 3. The molecule has 0 saturated heterocycles. The van der Waals surface area contributed by atoms with Crippen molar-refractivity contribution in [2.45, 2.75) is 26.2 Å². The maximum atomic E-state index is 12.9. The second kappa shape index (κ2) is 2.77. The fourth-order valence-electron chi connectivity index (χ4n) is 1.38. The summed E-state index contributed by atoms with van der Waals surface area (Å²) in [6.45, 7) is 6.15. The molecule has 0 bridgehead atoms. The van der Waals surface area contributed by atoms with Gasteiger partial charge in [-0.3, -0.25) is 4.40 Å². The van der Waals surface area contributed by atoms with Crippen LogP contribution in [0.4, 0.5) is 4.39 Å². The van der Waals surface area contributed by atoms with Gasteiger partial charge in [0, 0.05) is 17.7 Å². The average molecular weight is 193 g/mol. The van der Waals surface area contributed by atoms with Gasteiger partial charge in [0.1, 0.15) is 11.6 Å². The molecule has 0 radical (unpaired) electrons. The summed E-state index contributed by atoms with van der Waals surface area (Å²) in [6.07, 6.45) is 1.66. The maximum Gasteiger partial charge on any atom is 0.163 e. The van der Waals surface area contributed by atoms with E-state index in [1.54, 1.807) is 6.20 Å². The molecular formula is C10H12FN3. The Bertz CT molecular complexity index is 468. The molecule has 2 heterocycles. The fourth-order valence-corrected chi connectivity index (χ4v) is 1.38. The van der Waals surface area contributed by atoms with E-state index in [1.807, 2.05) is 25.2 Å². The van der Waals surface area contributed by atoms with Gasteiger partial charge in [-0.2, -0.15) is 0 Å². The normalized spacial score (nSPS) is 12.3. The molecule has 0 aliphatic carbocycles. The van der Waals surface area contributed by atoms with Crippen molar-refractivity contribution < 1.29 is 4.39 Å². The van der Waals surface area contributed by atoms with Crippen molar-refractivity contribution in [3.8, 4) is 0 Å². The molecule has 2 aromatic rings. The van der Waals surface area contributed by atoms with Crippen LogP contribution in [-0.2, 0) is 5.41 Å². The van der Waals surface area contributed by atoms with Gasteiger partial charge in [0.25, 0.3) is 0 Å². The van der Waals surface area contributed by atoms with Crippen LogP contribution < -0.4 is 0 Å². The molecule has 0 aliphatic rings. The number of nitrogens with zero attached hydrogens (tertiary/aromatic N) is 3. The Morgan fingerprint density at radius 3 is 2.64 bits per heavy atom. The van der Waals surface area contributed by atoms with E-state index in [2.05, 4.69) is 10.2 Å². The summed E-state index contributed by atoms with van der Waals surface area (Å²) in [5, 5.41) is 7.97. The molecule has 74 valence electrons. The predicted octanol–water partition coefficient (Wildman–Crippen LogP) is 2.17. The lowest BCUT2D eigenvalue weighted by atomic mass is 9.96. The molecule has 0 saturated carbocycles. The van der Waals surface area contributed by atoms with Crippen molar-refractivity contribution in [1.82, 2.24) is 14.6 Å². The summed E-state index contributed by atoms with van der Waals surface area (Å²) in [7, 11) is 0. The van der Waals surface area contributed by atoms with Gasteiger partial charge in [-0.25, -0.2) is 4.39 Å². The van der Waals surface area contributed by atoms with E-state index in [0.29, 0.717) is 5.65 Å². The summed E-state index contributed by atoms with van der Waals surface area (Å²) in [4.78, 5) is 0. The Kier molecular flexibility index (Phi) is 1.80. The van der Waals surface area contributed by atoms with Gasteiger partial charge in [0.15, 0.2) is 5.65 Å². The standard InChI is InChI=1S/C10H12FN3/c1-10(2,3)9-13-12-8-6-7(11)4-5-14(8)9/h4-6H,1-3H3. The van der Waals surface area contributed by atoms with E-state index in [-0.39, 0.29) is 11.2 Å². The highest BCUT2D eigenvalue weighted by Gasteiger charge is 2.20. The summed E-state index contributed by atoms with van der Waals surface area (Å²) >= 11 is 0. The first-order valence-electron chi connectivity index (χ1n) is 4.49. The molecule has 0 spiro atoms. The summed E-state index contributed by atoms with van der Waals surface area (Å²) in [6, 6.07) is 2.79. The zero-order chi connectivity index (χ0) is 10.3. The largest absolute Gasteiger partial charge is 0.286 e. The molecule has 3 nitrogen and oxygen atoms in total. The molecule has 2 rings (SSSR count). The molecule has 0 aromatic carbocycles. The highest BCUT2D eigenvalue weighted by atomic mass is 19.1. The van der Waals surface area contributed by atoms with Gasteiger partial charge in [-0.1, -0.05) is 20.8 Å². The van der Waals surface area contributed by atoms with Gasteiger partial charge in [0.05, 0.1) is 0 Å². The highest BCUT2D eigenvalue weighted by Crippen LogP contribution is 2.20. The van der Waals surface area contributed by atoms with E-state index in [1.165, 1.54) is 12.1 Å². The number of halogens is 1. The lowest BCUT2D eigenvalue weighted by Crippen LogP contribution is -2.15. The number of hydrogen-bond donors (Lipinski definition) is 0. The van der Waals surface area contributed by atoms with E-state index in [9.17, 15) is 4.39 Å². The Labute approximate surface area is 81.6 Å². The fraction of sp³-hybridized carbons (Fsp3) is 0.400. The minimum atomic E-state index is -0.287. The first kappa shape index (κ1) is 9.12. The minimum Gasteiger partial charge on any atom is -0.286 e. The number of fused-ring (bicyclic) bond motifs is 1. The summed E-state index contributed by atoms with van der Waals surface area (Å²) < 4.78 is 14.7. The quantitative estimate of drug-likeness (QED) is 0.641. The monoisotopic (exact) mass is 193 g/mol. The van der Waals surface area contributed by atoms with Crippen molar-refractivity contribution in [2.24, 2.45) is 0 Å². The van der Waals surface area contributed by atoms with E-state index in [4.69, 9.17) is 0 Å². The molecule has 0 atom stereocenters. The topological polar surface area (TPSA) is 30.2 Å². The second-order valence-corrected chi connectivity index (χ2v) is 4.35. The number of hydrogen-bond acceptors (Lipinski definition) is 2. The van der Waals surface area contributed by atoms with Crippen LogP contribution in [0.15, 0.2) is 18.3 Å². The molecule has 0 aliphatic heterocycles. The molecule has 0 N–H and O–H groups in total. The van der Waals surface area contributed by atoms with Crippen molar-refractivity contribution in [3.05, 3.63) is 30.0 Å². The van der Waals surface area contributed by atoms with Crippen molar-refractivity contribution in [3.63, 3.8) is 0 Å². The summed E-state index contributed by atoms with van der Waals surface area (Å²) in [5.41, 5.74) is 0.465. The molecule has 14 heavy (non-hydrogen) atoms. The van der Waals surface area contributed by atoms with E-state index in [0.717, 1.165) is 5.82 Å². The number of pyridine rings is 1. The molecule has 0 fully saturated rings. The lowest BCUT2D eigenvalue weighted by Gasteiger charge is -2.15. The second-order valence-electron chi connectivity index (χ2n) is 4.35. The number of rotatable bonds is 0. The Balaban J connectivity index is 2.70. The van der Waals surface area contributed by atoms with Crippen LogP contribution >= 0.6 is 0 Å². The first-order valence-corrected chi connectivity index (χ1v) is 4.49. The molecule has 2 aromatic heterocycles. The Morgan fingerprint density at radius 1 is 1.29 bits per heavy atom. The van der Waals surface area contributed by atoms with E-state index < -0.39 is 0 Å². The third kappa shape index (κ3) is 1.36. The van der Waals surface area contributed by atoms with Crippen LogP contribution in [0.5, 0.6) is 0 Å². The highest BCUT2D eigenvalue weighted by molar-refractivity contribution is 5.38. The average Bonchev–Trinajstić information content (AvgIpc) is 2.45. The van der Waals surface area contributed by atoms with Gasteiger partial charge in [0.2, 0.25) is 0 Å². The van der Waals surface area contributed by atoms with Gasteiger partial charge in [-0.15, -0.1) is 10.2 Å². The van der Waals surface area contributed by atoms with Gasteiger partial charge >= 0.3 is 0 Å². The van der Waals surface area contributed by atoms with Crippen LogP contribution in [-0.4, -0.2) is 14.6 Å². The Morgan fingerprint density at radius 2 is 2.00 bits per heavy atom.